The molecule has 2 saturated carbocycles. The number of esters is 1. The summed E-state index contributed by atoms with van der Waals surface area (Å²) in [4.78, 5) is 23.8. The third kappa shape index (κ3) is 3.92. The van der Waals surface area contributed by atoms with Gasteiger partial charge in [-0.3, -0.25) is 4.79 Å². The Morgan fingerprint density at radius 2 is 1.96 bits per heavy atom. The fourth-order valence-electron chi connectivity index (χ4n) is 4.00. The first-order valence-electron chi connectivity index (χ1n) is 8.28. The van der Waals surface area contributed by atoms with E-state index in [4.69, 9.17) is 10.2 Å². The zero-order valence-electron chi connectivity index (χ0n) is 13.8. The van der Waals surface area contributed by atoms with Crippen molar-refractivity contribution >= 4 is 24.3 Å². The quantitative estimate of drug-likeness (QED) is 0.807. The van der Waals surface area contributed by atoms with Crippen LogP contribution in [0, 0.1) is 17.8 Å². The van der Waals surface area contributed by atoms with Crippen LogP contribution in [0.5, 0.6) is 0 Å². The van der Waals surface area contributed by atoms with Crippen LogP contribution < -0.4 is 11.1 Å². The van der Waals surface area contributed by atoms with E-state index in [2.05, 4.69) is 10.1 Å². The number of nitrogens with two attached hydrogens (primary N) is 1. The van der Waals surface area contributed by atoms with Crippen LogP contribution in [0.3, 0.4) is 0 Å². The highest BCUT2D eigenvalue weighted by atomic mass is 35.5. The summed E-state index contributed by atoms with van der Waals surface area (Å²) in [7, 11) is 1.30. The topological polar surface area (TPSA) is 94.6 Å². The zero-order chi connectivity index (χ0) is 16.4. The van der Waals surface area contributed by atoms with Gasteiger partial charge in [0.1, 0.15) is 5.76 Å². The molecule has 3 rings (SSSR count). The molecule has 0 spiro atoms. The van der Waals surface area contributed by atoms with Gasteiger partial charge < -0.3 is 20.2 Å². The van der Waals surface area contributed by atoms with Gasteiger partial charge in [0.05, 0.1) is 13.7 Å². The molecule has 2 bridgehead atoms. The second-order valence-corrected chi connectivity index (χ2v) is 6.67. The molecule has 3 N–H and O–H groups in total. The van der Waals surface area contributed by atoms with Gasteiger partial charge in [0.25, 0.3) is 0 Å². The molecule has 2 unspecified atom stereocenters. The van der Waals surface area contributed by atoms with E-state index in [0.717, 1.165) is 25.7 Å². The smallest absolute Gasteiger partial charge is 0.373 e. The van der Waals surface area contributed by atoms with Crippen molar-refractivity contribution in [2.45, 2.75) is 44.7 Å². The average molecular weight is 357 g/mol. The maximum Gasteiger partial charge on any atom is 0.373 e. The molecule has 0 saturated heterocycles. The molecule has 2 aliphatic rings. The molecule has 0 aliphatic heterocycles. The van der Waals surface area contributed by atoms with Gasteiger partial charge in [0.15, 0.2) is 0 Å². The molecular weight excluding hydrogens is 332 g/mol. The first-order chi connectivity index (χ1) is 11.1. The number of ether oxygens (including phenoxy) is 1. The monoisotopic (exact) mass is 356 g/mol. The highest BCUT2D eigenvalue weighted by molar-refractivity contribution is 5.86. The van der Waals surface area contributed by atoms with Crippen LogP contribution >= 0.6 is 12.4 Å². The predicted octanol–water partition coefficient (Wildman–Crippen LogP) is 2.26. The Labute approximate surface area is 147 Å². The molecular formula is C17H25ClN2O4. The van der Waals surface area contributed by atoms with Gasteiger partial charge in [-0.15, -0.1) is 12.4 Å². The number of amides is 1. The molecule has 2 aliphatic carbocycles. The summed E-state index contributed by atoms with van der Waals surface area (Å²) in [5.41, 5.74) is 6.27. The van der Waals surface area contributed by atoms with E-state index in [9.17, 15) is 9.59 Å². The molecule has 1 aromatic rings. The highest BCUT2D eigenvalue weighted by Gasteiger charge is 2.40. The minimum absolute atomic E-state index is 0. The fraction of sp³-hybridized carbons (Fsp3) is 0.647. The second-order valence-electron chi connectivity index (χ2n) is 6.67. The van der Waals surface area contributed by atoms with Crippen LogP contribution in [-0.2, 0) is 16.1 Å². The maximum absolute atomic E-state index is 12.4. The summed E-state index contributed by atoms with van der Waals surface area (Å²) in [6.45, 7) is 0.285. The van der Waals surface area contributed by atoms with Gasteiger partial charge in [-0.05, 0) is 49.7 Å². The highest BCUT2D eigenvalue weighted by Crippen LogP contribution is 2.41. The van der Waals surface area contributed by atoms with Crippen molar-refractivity contribution in [3.63, 3.8) is 0 Å². The van der Waals surface area contributed by atoms with Crippen molar-refractivity contribution in [2.24, 2.45) is 23.5 Å². The van der Waals surface area contributed by atoms with Gasteiger partial charge in [0.2, 0.25) is 11.7 Å². The van der Waals surface area contributed by atoms with E-state index in [1.165, 1.54) is 13.5 Å². The van der Waals surface area contributed by atoms with Crippen molar-refractivity contribution in [3.05, 3.63) is 23.7 Å². The number of fused-ring (bicyclic) bond motifs is 2. The summed E-state index contributed by atoms with van der Waals surface area (Å²) < 4.78 is 9.95. The summed E-state index contributed by atoms with van der Waals surface area (Å²) in [6.07, 6.45) is 5.29. The summed E-state index contributed by atoms with van der Waals surface area (Å²) in [5.74, 6) is 1.24. The number of carbonyl (C=O) groups excluding carboxylic acids is 2. The molecule has 1 aromatic heterocycles. The molecule has 0 radical (unpaired) electrons. The molecule has 1 amide bonds. The third-order valence-corrected chi connectivity index (χ3v) is 5.27. The number of nitrogens with one attached hydrogen (secondary N) is 1. The standard InChI is InChI=1S/C17H24N2O4.ClH/c1-22-17(21)14-6-5-13(23-14)9-19-16(20)12-7-10-3-2-4-11(8-12)15(10)18;/h5-6,10-12,15H,2-4,7-9,18H2,1H3,(H,19,20);1H. The first-order valence-corrected chi connectivity index (χ1v) is 8.28. The number of methoxy groups -OCH3 is 1. The Kier molecular flexibility index (Phi) is 6.29. The number of hydrogen-bond acceptors (Lipinski definition) is 5. The summed E-state index contributed by atoms with van der Waals surface area (Å²) in [5, 5.41) is 2.92. The van der Waals surface area contributed by atoms with Crippen LogP contribution in [0.4, 0.5) is 0 Å². The molecule has 0 aromatic carbocycles. The average Bonchev–Trinajstić information content (AvgIpc) is 3.00. The minimum atomic E-state index is -0.517. The van der Waals surface area contributed by atoms with Crippen LogP contribution in [0.2, 0.25) is 0 Å². The van der Waals surface area contributed by atoms with Crippen LogP contribution in [-0.4, -0.2) is 25.0 Å². The SMILES string of the molecule is COC(=O)c1ccc(CNC(=O)C2CC3CCCC(C2)C3N)o1.Cl. The molecule has 1 heterocycles. The van der Waals surface area contributed by atoms with Gasteiger partial charge in [0, 0.05) is 12.0 Å². The van der Waals surface area contributed by atoms with E-state index in [0.29, 0.717) is 17.6 Å². The Morgan fingerprint density at radius 3 is 2.58 bits per heavy atom. The van der Waals surface area contributed by atoms with Crippen molar-refractivity contribution in [1.82, 2.24) is 5.32 Å². The lowest BCUT2D eigenvalue weighted by Gasteiger charge is -2.43. The number of rotatable bonds is 4. The Hall–Kier alpha value is -1.53. The molecule has 134 valence electrons. The number of halogens is 1. The largest absolute Gasteiger partial charge is 0.463 e. The molecule has 2 atom stereocenters. The van der Waals surface area contributed by atoms with Gasteiger partial charge >= 0.3 is 5.97 Å². The molecule has 7 heteroatoms. The predicted molar refractivity (Wildman–Crippen MR) is 90.7 cm³/mol. The lowest BCUT2D eigenvalue weighted by molar-refractivity contribution is -0.128. The summed E-state index contributed by atoms with van der Waals surface area (Å²) >= 11 is 0. The van der Waals surface area contributed by atoms with Gasteiger partial charge in [-0.25, -0.2) is 4.79 Å². The minimum Gasteiger partial charge on any atom is -0.463 e. The second kappa shape index (κ2) is 8.03. The van der Waals surface area contributed by atoms with Crippen molar-refractivity contribution in [2.75, 3.05) is 7.11 Å². The third-order valence-electron chi connectivity index (χ3n) is 5.27. The van der Waals surface area contributed by atoms with E-state index in [1.54, 1.807) is 12.1 Å². The van der Waals surface area contributed by atoms with Crippen molar-refractivity contribution in [3.8, 4) is 0 Å². The fourth-order valence-corrected chi connectivity index (χ4v) is 4.00. The molecule has 2 fully saturated rings. The lowest BCUT2D eigenvalue weighted by atomic mass is 9.65. The van der Waals surface area contributed by atoms with Crippen molar-refractivity contribution in [1.29, 1.82) is 0 Å². The normalized spacial score (nSPS) is 28.6. The van der Waals surface area contributed by atoms with Crippen LogP contribution in [0.15, 0.2) is 16.5 Å². The van der Waals surface area contributed by atoms with E-state index in [1.807, 2.05) is 0 Å². The number of carbonyl (C=O) groups is 2. The Bertz CT molecular complexity index is 575. The molecule has 6 nitrogen and oxygen atoms in total. The Morgan fingerprint density at radius 1 is 1.29 bits per heavy atom. The van der Waals surface area contributed by atoms with Crippen molar-refractivity contribution < 1.29 is 18.7 Å². The van der Waals surface area contributed by atoms with Gasteiger partial charge in [-0.1, -0.05) is 6.42 Å². The maximum atomic E-state index is 12.4. The van der Waals surface area contributed by atoms with Gasteiger partial charge in [-0.2, -0.15) is 0 Å². The van der Waals surface area contributed by atoms with Crippen LogP contribution in [0.1, 0.15) is 48.4 Å². The molecule has 24 heavy (non-hydrogen) atoms. The zero-order valence-corrected chi connectivity index (χ0v) is 14.6. The Balaban J connectivity index is 0.00000208. The first kappa shape index (κ1) is 18.8. The number of furan rings is 1. The van der Waals surface area contributed by atoms with E-state index in [-0.39, 0.29) is 42.6 Å². The van der Waals surface area contributed by atoms with E-state index < -0.39 is 5.97 Å². The van der Waals surface area contributed by atoms with Crippen LogP contribution in [0.25, 0.3) is 0 Å². The summed E-state index contributed by atoms with van der Waals surface area (Å²) in [6, 6.07) is 3.50. The number of hydrogen-bond donors (Lipinski definition) is 2. The lowest BCUT2D eigenvalue weighted by Crippen LogP contribution is -2.49. The van der Waals surface area contributed by atoms with E-state index >= 15 is 0 Å².